The molecular weight excluding hydrogens is 166 g/mol. The molecule has 0 aliphatic carbocycles. The summed E-state index contributed by atoms with van der Waals surface area (Å²) >= 11 is 0. The van der Waals surface area contributed by atoms with Crippen LogP contribution in [0.15, 0.2) is 0 Å². The first-order valence-corrected chi connectivity index (χ1v) is 4.76. The van der Waals surface area contributed by atoms with Crippen LogP contribution in [-0.2, 0) is 4.79 Å². The van der Waals surface area contributed by atoms with Crippen molar-refractivity contribution in [1.82, 2.24) is 9.80 Å². The average Bonchev–Trinajstić information content (AvgIpc) is 2.08. The number of rotatable bonds is 2. The lowest BCUT2D eigenvalue weighted by atomic mass is 10.1. The second kappa shape index (κ2) is 4.07. The van der Waals surface area contributed by atoms with Crippen LogP contribution >= 0.6 is 0 Å². The van der Waals surface area contributed by atoms with Gasteiger partial charge in [0.15, 0.2) is 0 Å². The molecule has 1 fully saturated rings. The molecule has 1 amide bonds. The fourth-order valence-corrected chi connectivity index (χ4v) is 1.46. The van der Waals surface area contributed by atoms with Crippen molar-refractivity contribution < 1.29 is 4.79 Å². The Morgan fingerprint density at radius 3 is 2.46 bits per heavy atom. The summed E-state index contributed by atoms with van der Waals surface area (Å²) in [5, 5.41) is 0. The van der Waals surface area contributed by atoms with E-state index in [9.17, 15) is 4.79 Å². The van der Waals surface area contributed by atoms with Crippen LogP contribution in [0, 0.1) is 0 Å². The van der Waals surface area contributed by atoms with Crippen LogP contribution in [0.2, 0.25) is 0 Å². The monoisotopic (exact) mass is 185 g/mol. The summed E-state index contributed by atoms with van der Waals surface area (Å²) in [5.41, 5.74) is 5.78. The van der Waals surface area contributed by atoms with Gasteiger partial charge >= 0.3 is 0 Å². The number of piperazine rings is 1. The fourth-order valence-electron chi connectivity index (χ4n) is 1.46. The summed E-state index contributed by atoms with van der Waals surface area (Å²) in [6.45, 7) is 6.32. The highest BCUT2D eigenvalue weighted by Gasteiger charge is 2.25. The Labute approximate surface area is 79.7 Å². The van der Waals surface area contributed by atoms with Gasteiger partial charge in [0.05, 0.1) is 6.54 Å². The van der Waals surface area contributed by atoms with Crippen LogP contribution in [-0.4, -0.2) is 54.5 Å². The van der Waals surface area contributed by atoms with Crippen molar-refractivity contribution in [3.8, 4) is 0 Å². The van der Waals surface area contributed by atoms with Crippen LogP contribution in [0.3, 0.4) is 0 Å². The van der Waals surface area contributed by atoms with E-state index in [0.717, 1.165) is 13.1 Å². The molecule has 2 unspecified atom stereocenters. The number of amides is 1. The van der Waals surface area contributed by atoms with Gasteiger partial charge in [-0.3, -0.25) is 9.69 Å². The molecule has 0 spiro atoms. The van der Waals surface area contributed by atoms with Gasteiger partial charge in [-0.1, -0.05) is 0 Å². The number of carbonyl (C=O) groups is 1. The van der Waals surface area contributed by atoms with Gasteiger partial charge in [0, 0.05) is 32.2 Å². The molecule has 0 bridgehead atoms. The van der Waals surface area contributed by atoms with E-state index >= 15 is 0 Å². The highest BCUT2D eigenvalue weighted by atomic mass is 16.2. The molecule has 0 saturated carbocycles. The molecule has 0 aromatic rings. The van der Waals surface area contributed by atoms with Crippen molar-refractivity contribution in [3.05, 3.63) is 0 Å². The quantitative estimate of drug-likeness (QED) is 0.631. The maximum absolute atomic E-state index is 11.4. The molecule has 1 saturated heterocycles. The summed E-state index contributed by atoms with van der Waals surface area (Å²) in [7, 11) is 1.84. The summed E-state index contributed by atoms with van der Waals surface area (Å²) < 4.78 is 0. The summed E-state index contributed by atoms with van der Waals surface area (Å²) in [6, 6.07) is 0.411. The van der Waals surface area contributed by atoms with Gasteiger partial charge in [-0.15, -0.1) is 0 Å². The number of likely N-dealkylation sites (N-methyl/N-ethyl adjacent to an activating group) is 1. The largest absolute Gasteiger partial charge is 0.343 e. The zero-order valence-electron chi connectivity index (χ0n) is 8.66. The van der Waals surface area contributed by atoms with Crippen LogP contribution in [0.25, 0.3) is 0 Å². The van der Waals surface area contributed by atoms with Gasteiger partial charge in [-0.25, -0.2) is 0 Å². The number of hydrogen-bond donors (Lipinski definition) is 1. The molecule has 2 N–H and O–H groups in total. The van der Waals surface area contributed by atoms with Gasteiger partial charge in [-0.2, -0.15) is 0 Å². The van der Waals surface area contributed by atoms with Gasteiger partial charge < -0.3 is 10.6 Å². The number of hydrogen-bond acceptors (Lipinski definition) is 3. The normalized spacial score (nSPS) is 24.6. The smallest absolute Gasteiger partial charge is 0.236 e. The number of carbonyl (C=O) groups excluding carboxylic acids is 1. The summed E-state index contributed by atoms with van der Waals surface area (Å²) in [5.74, 6) is 0.193. The van der Waals surface area contributed by atoms with E-state index in [4.69, 9.17) is 5.73 Å². The third-order valence-electron chi connectivity index (χ3n) is 2.82. The van der Waals surface area contributed by atoms with Gasteiger partial charge in [0.1, 0.15) is 0 Å². The molecular formula is C9H19N3O. The van der Waals surface area contributed by atoms with Crippen LogP contribution in [0.1, 0.15) is 13.8 Å². The Balaban J connectivity index is 2.50. The van der Waals surface area contributed by atoms with Crippen molar-refractivity contribution in [1.29, 1.82) is 0 Å². The lowest BCUT2D eigenvalue weighted by molar-refractivity contribution is -0.135. The molecule has 1 aliphatic rings. The Kier molecular flexibility index (Phi) is 3.27. The molecule has 76 valence electrons. The first kappa shape index (κ1) is 10.5. The molecule has 13 heavy (non-hydrogen) atoms. The van der Waals surface area contributed by atoms with Crippen molar-refractivity contribution >= 4 is 5.91 Å². The molecule has 4 heteroatoms. The predicted molar refractivity (Wildman–Crippen MR) is 52.3 cm³/mol. The Morgan fingerprint density at radius 1 is 1.38 bits per heavy atom. The van der Waals surface area contributed by atoms with Crippen molar-refractivity contribution in [2.75, 3.05) is 26.7 Å². The molecule has 0 radical (unpaired) electrons. The molecule has 1 heterocycles. The third kappa shape index (κ3) is 2.42. The van der Waals surface area contributed by atoms with Crippen LogP contribution in [0.4, 0.5) is 0 Å². The molecule has 2 atom stereocenters. The van der Waals surface area contributed by atoms with Crippen molar-refractivity contribution in [2.45, 2.75) is 25.9 Å². The zero-order chi connectivity index (χ0) is 10.0. The van der Waals surface area contributed by atoms with Crippen molar-refractivity contribution in [2.24, 2.45) is 5.73 Å². The van der Waals surface area contributed by atoms with E-state index in [1.165, 1.54) is 0 Å². The SMILES string of the molecule is CC(N)C(C)N1CCN(C)C(=O)C1. The van der Waals surface area contributed by atoms with E-state index < -0.39 is 0 Å². The standard InChI is InChI=1S/C9H19N3O/c1-7(10)8(2)12-5-4-11(3)9(13)6-12/h7-8H,4-6,10H2,1-3H3. The number of nitrogens with zero attached hydrogens (tertiary/aromatic N) is 2. The average molecular weight is 185 g/mol. The molecule has 0 aromatic carbocycles. The minimum Gasteiger partial charge on any atom is -0.343 e. The second-order valence-corrected chi connectivity index (χ2v) is 3.89. The second-order valence-electron chi connectivity index (χ2n) is 3.89. The predicted octanol–water partition coefficient (Wildman–Crippen LogP) is -0.504. The van der Waals surface area contributed by atoms with Crippen molar-refractivity contribution in [3.63, 3.8) is 0 Å². The Morgan fingerprint density at radius 2 is 2.00 bits per heavy atom. The first-order valence-electron chi connectivity index (χ1n) is 4.76. The third-order valence-corrected chi connectivity index (χ3v) is 2.82. The minimum absolute atomic E-state index is 0.121. The first-order chi connectivity index (χ1) is 6.02. The lowest BCUT2D eigenvalue weighted by Crippen LogP contribution is -2.55. The topological polar surface area (TPSA) is 49.6 Å². The summed E-state index contributed by atoms with van der Waals surface area (Å²) in [6.07, 6.45) is 0. The molecule has 4 nitrogen and oxygen atoms in total. The van der Waals surface area contributed by atoms with Gasteiger partial charge in [0.25, 0.3) is 0 Å². The molecule has 0 aromatic heterocycles. The highest BCUT2D eigenvalue weighted by Crippen LogP contribution is 2.07. The van der Waals surface area contributed by atoms with E-state index in [0.29, 0.717) is 6.54 Å². The Hall–Kier alpha value is -0.610. The lowest BCUT2D eigenvalue weighted by Gasteiger charge is -2.37. The Bertz CT molecular complexity index is 193. The molecule has 1 rings (SSSR count). The fraction of sp³-hybridized carbons (Fsp3) is 0.889. The molecule has 1 aliphatic heterocycles. The maximum atomic E-state index is 11.4. The minimum atomic E-state index is 0.121. The zero-order valence-corrected chi connectivity index (χ0v) is 8.66. The van der Waals surface area contributed by atoms with Gasteiger partial charge in [0.2, 0.25) is 5.91 Å². The van der Waals surface area contributed by atoms with Crippen LogP contribution < -0.4 is 5.73 Å². The van der Waals surface area contributed by atoms with E-state index in [1.807, 2.05) is 14.0 Å². The van der Waals surface area contributed by atoms with E-state index in [2.05, 4.69) is 11.8 Å². The maximum Gasteiger partial charge on any atom is 0.236 e. The van der Waals surface area contributed by atoms with E-state index in [1.54, 1.807) is 4.90 Å². The highest BCUT2D eigenvalue weighted by molar-refractivity contribution is 5.78. The van der Waals surface area contributed by atoms with Gasteiger partial charge in [-0.05, 0) is 13.8 Å². The van der Waals surface area contributed by atoms with Crippen LogP contribution in [0.5, 0.6) is 0 Å². The summed E-state index contributed by atoms with van der Waals surface area (Å²) in [4.78, 5) is 15.3. The number of nitrogens with two attached hydrogens (primary N) is 1. The van der Waals surface area contributed by atoms with E-state index in [-0.39, 0.29) is 18.0 Å².